The van der Waals surface area contributed by atoms with Crippen molar-refractivity contribution >= 4 is 5.82 Å². The highest BCUT2D eigenvalue weighted by Gasteiger charge is 2.08. The van der Waals surface area contributed by atoms with Crippen molar-refractivity contribution in [1.82, 2.24) is 15.3 Å². The van der Waals surface area contributed by atoms with Crippen molar-refractivity contribution in [2.75, 3.05) is 12.3 Å². The zero-order valence-electron chi connectivity index (χ0n) is 7.41. The van der Waals surface area contributed by atoms with Gasteiger partial charge in [0.05, 0.1) is 11.7 Å². The predicted octanol–water partition coefficient (Wildman–Crippen LogP) is 0.729. The van der Waals surface area contributed by atoms with Gasteiger partial charge in [-0.2, -0.15) is 0 Å². The molecule has 4 heteroatoms. The minimum atomic E-state index is 0.170. The molecule has 0 spiro atoms. The second-order valence-electron chi connectivity index (χ2n) is 2.61. The van der Waals surface area contributed by atoms with Gasteiger partial charge in [0.15, 0.2) is 0 Å². The monoisotopic (exact) mass is 166 g/mol. The average Bonchev–Trinajstić information content (AvgIpc) is 2.05. The van der Waals surface area contributed by atoms with E-state index in [1.54, 1.807) is 12.4 Å². The number of nitrogen functional groups attached to an aromatic ring is 1. The van der Waals surface area contributed by atoms with Crippen molar-refractivity contribution in [3.05, 3.63) is 18.1 Å². The summed E-state index contributed by atoms with van der Waals surface area (Å²) >= 11 is 0. The first kappa shape index (κ1) is 8.93. The van der Waals surface area contributed by atoms with Gasteiger partial charge in [0.2, 0.25) is 0 Å². The number of rotatable bonds is 3. The van der Waals surface area contributed by atoms with E-state index in [1.807, 2.05) is 13.8 Å². The largest absolute Gasteiger partial charge is 0.382 e. The molecule has 4 nitrogen and oxygen atoms in total. The fourth-order valence-corrected chi connectivity index (χ4v) is 1.10. The number of anilines is 1. The summed E-state index contributed by atoms with van der Waals surface area (Å²) in [5.74, 6) is 0.506. The summed E-state index contributed by atoms with van der Waals surface area (Å²) in [4.78, 5) is 8.10. The standard InChI is InChI=1S/C8H14N4/c1-3-10-6(2)7-8(9)12-5-4-11-7/h4-6,10H,3H2,1-2H3,(H2,9,12). The van der Waals surface area contributed by atoms with Crippen molar-refractivity contribution in [3.63, 3.8) is 0 Å². The Hall–Kier alpha value is -1.16. The Kier molecular flexibility index (Phi) is 2.99. The number of nitrogens with two attached hydrogens (primary N) is 1. The molecule has 0 saturated carbocycles. The predicted molar refractivity (Wildman–Crippen MR) is 48.5 cm³/mol. The first-order valence-electron chi connectivity index (χ1n) is 4.05. The van der Waals surface area contributed by atoms with Crippen molar-refractivity contribution in [2.24, 2.45) is 0 Å². The molecule has 3 N–H and O–H groups in total. The van der Waals surface area contributed by atoms with Crippen molar-refractivity contribution in [2.45, 2.75) is 19.9 Å². The minimum absolute atomic E-state index is 0.170. The van der Waals surface area contributed by atoms with Crippen LogP contribution < -0.4 is 11.1 Å². The maximum atomic E-state index is 5.64. The summed E-state index contributed by atoms with van der Waals surface area (Å²) < 4.78 is 0. The Labute approximate surface area is 72.2 Å². The summed E-state index contributed by atoms with van der Waals surface area (Å²) in [6, 6.07) is 0.170. The highest BCUT2D eigenvalue weighted by Crippen LogP contribution is 2.13. The van der Waals surface area contributed by atoms with E-state index in [9.17, 15) is 0 Å². The molecule has 0 aliphatic rings. The molecule has 0 fully saturated rings. The third kappa shape index (κ3) is 1.92. The number of nitrogens with one attached hydrogen (secondary N) is 1. The Bertz CT molecular complexity index is 249. The van der Waals surface area contributed by atoms with E-state index in [1.165, 1.54) is 0 Å². The van der Waals surface area contributed by atoms with Crippen LogP contribution in [0.25, 0.3) is 0 Å². The molecule has 1 aromatic rings. The Morgan fingerprint density at radius 1 is 1.50 bits per heavy atom. The van der Waals surface area contributed by atoms with E-state index in [2.05, 4.69) is 15.3 Å². The summed E-state index contributed by atoms with van der Waals surface area (Å²) in [6.45, 7) is 4.96. The second-order valence-corrected chi connectivity index (χ2v) is 2.61. The lowest BCUT2D eigenvalue weighted by Gasteiger charge is -2.12. The first-order chi connectivity index (χ1) is 5.75. The number of hydrogen-bond acceptors (Lipinski definition) is 4. The molecule has 0 aliphatic heterocycles. The van der Waals surface area contributed by atoms with Crippen LogP contribution in [0.4, 0.5) is 5.82 Å². The zero-order valence-corrected chi connectivity index (χ0v) is 7.41. The third-order valence-electron chi connectivity index (χ3n) is 1.68. The number of aromatic nitrogens is 2. The van der Waals surface area contributed by atoms with Gasteiger partial charge in [0, 0.05) is 12.4 Å². The van der Waals surface area contributed by atoms with Crippen LogP contribution in [0, 0.1) is 0 Å². The molecule has 66 valence electrons. The first-order valence-corrected chi connectivity index (χ1v) is 4.05. The fraction of sp³-hybridized carbons (Fsp3) is 0.500. The molecule has 0 amide bonds. The van der Waals surface area contributed by atoms with Gasteiger partial charge >= 0.3 is 0 Å². The van der Waals surface area contributed by atoms with Gasteiger partial charge in [-0.1, -0.05) is 6.92 Å². The van der Waals surface area contributed by atoms with Crippen LogP contribution in [-0.2, 0) is 0 Å². The van der Waals surface area contributed by atoms with Gasteiger partial charge < -0.3 is 11.1 Å². The van der Waals surface area contributed by atoms with E-state index in [4.69, 9.17) is 5.73 Å². The Balaban J connectivity index is 2.79. The summed E-state index contributed by atoms with van der Waals surface area (Å²) in [7, 11) is 0. The molecule has 1 heterocycles. The van der Waals surface area contributed by atoms with Gasteiger partial charge in [0.1, 0.15) is 5.82 Å². The van der Waals surface area contributed by atoms with Gasteiger partial charge in [0.25, 0.3) is 0 Å². The van der Waals surface area contributed by atoms with Crippen LogP contribution in [0.5, 0.6) is 0 Å². The lowest BCUT2D eigenvalue weighted by atomic mass is 10.2. The minimum Gasteiger partial charge on any atom is -0.382 e. The SMILES string of the molecule is CCNC(C)c1nccnc1N. The summed E-state index contributed by atoms with van der Waals surface area (Å²) in [5, 5.41) is 3.22. The molecule has 0 radical (unpaired) electrons. The van der Waals surface area contributed by atoms with Crippen LogP contribution in [0.3, 0.4) is 0 Å². The van der Waals surface area contributed by atoms with Gasteiger partial charge in [-0.25, -0.2) is 4.98 Å². The molecule has 1 aromatic heterocycles. The molecule has 12 heavy (non-hydrogen) atoms. The number of hydrogen-bond donors (Lipinski definition) is 2. The van der Waals surface area contributed by atoms with Gasteiger partial charge in [-0.05, 0) is 13.5 Å². The summed E-state index contributed by atoms with van der Waals surface area (Å²) in [5.41, 5.74) is 6.46. The van der Waals surface area contributed by atoms with Crippen molar-refractivity contribution in [3.8, 4) is 0 Å². The van der Waals surface area contributed by atoms with E-state index in [-0.39, 0.29) is 6.04 Å². The van der Waals surface area contributed by atoms with Crippen LogP contribution in [-0.4, -0.2) is 16.5 Å². The Morgan fingerprint density at radius 3 is 2.75 bits per heavy atom. The van der Waals surface area contributed by atoms with E-state index < -0.39 is 0 Å². The molecule has 0 saturated heterocycles. The fourth-order valence-electron chi connectivity index (χ4n) is 1.10. The zero-order chi connectivity index (χ0) is 8.97. The molecule has 0 aliphatic carbocycles. The second kappa shape index (κ2) is 4.01. The molecule has 0 bridgehead atoms. The topological polar surface area (TPSA) is 63.8 Å². The Morgan fingerprint density at radius 2 is 2.17 bits per heavy atom. The smallest absolute Gasteiger partial charge is 0.146 e. The van der Waals surface area contributed by atoms with E-state index >= 15 is 0 Å². The molecule has 1 atom stereocenters. The van der Waals surface area contributed by atoms with E-state index in [0.717, 1.165) is 12.2 Å². The molecule has 1 unspecified atom stereocenters. The third-order valence-corrected chi connectivity index (χ3v) is 1.68. The highest BCUT2D eigenvalue weighted by molar-refractivity contribution is 5.34. The van der Waals surface area contributed by atoms with Gasteiger partial charge in [-0.3, -0.25) is 4.98 Å². The molecular formula is C8H14N4. The summed E-state index contributed by atoms with van der Waals surface area (Å²) in [6.07, 6.45) is 3.25. The lowest BCUT2D eigenvalue weighted by molar-refractivity contribution is 0.583. The van der Waals surface area contributed by atoms with Crippen LogP contribution in [0.2, 0.25) is 0 Å². The van der Waals surface area contributed by atoms with Crippen LogP contribution in [0.15, 0.2) is 12.4 Å². The van der Waals surface area contributed by atoms with Crippen molar-refractivity contribution in [1.29, 1.82) is 0 Å². The van der Waals surface area contributed by atoms with Crippen molar-refractivity contribution < 1.29 is 0 Å². The van der Waals surface area contributed by atoms with Gasteiger partial charge in [-0.15, -0.1) is 0 Å². The normalized spacial score (nSPS) is 12.8. The molecular weight excluding hydrogens is 152 g/mol. The maximum absolute atomic E-state index is 5.64. The maximum Gasteiger partial charge on any atom is 0.146 e. The number of nitrogens with zero attached hydrogens (tertiary/aromatic N) is 2. The lowest BCUT2D eigenvalue weighted by Crippen LogP contribution is -2.20. The van der Waals surface area contributed by atoms with E-state index in [0.29, 0.717) is 5.82 Å². The highest BCUT2D eigenvalue weighted by atomic mass is 15.0. The molecule has 0 aromatic carbocycles. The average molecular weight is 166 g/mol. The molecule has 1 rings (SSSR count). The van der Waals surface area contributed by atoms with Crippen LogP contribution >= 0.6 is 0 Å². The quantitative estimate of drug-likeness (QED) is 0.694. The van der Waals surface area contributed by atoms with Crippen LogP contribution in [0.1, 0.15) is 25.6 Å².